The van der Waals surface area contributed by atoms with E-state index in [4.69, 9.17) is 9.26 Å². The number of carbonyl (C=O) groups is 1. The molecule has 0 aliphatic heterocycles. The van der Waals surface area contributed by atoms with Crippen molar-refractivity contribution in [3.8, 4) is 16.9 Å². The molecule has 0 saturated carbocycles. The Labute approximate surface area is 179 Å². The molecule has 0 bridgehead atoms. The number of rotatable bonds is 7. The van der Waals surface area contributed by atoms with Crippen LogP contribution >= 0.6 is 0 Å². The maximum absolute atomic E-state index is 13.9. The molecular weight excluding hydrogens is 425 g/mol. The van der Waals surface area contributed by atoms with Crippen molar-refractivity contribution in [3.05, 3.63) is 53.5 Å². The molecule has 0 saturated heterocycles. The predicted molar refractivity (Wildman–Crippen MR) is 114 cm³/mol. The van der Waals surface area contributed by atoms with Crippen LogP contribution in [0, 0.1) is 12.7 Å². The summed E-state index contributed by atoms with van der Waals surface area (Å²) in [7, 11) is -2.79. The second kappa shape index (κ2) is 8.76. The molecule has 1 aromatic heterocycles. The van der Waals surface area contributed by atoms with E-state index in [1.54, 1.807) is 13.0 Å². The maximum Gasteiger partial charge on any atom is 0.265 e. The van der Waals surface area contributed by atoms with Gasteiger partial charge >= 0.3 is 0 Å². The van der Waals surface area contributed by atoms with Crippen LogP contribution < -0.4 is 14.8 Å². The summed E-state index contributed by atoms with van der Waals surface area (Å²) in [6, 6.07) is 8.57. The first-order valence-corrected chi connectivity index (χ1v) is 10.9. The third kappa shape index (κ3) is 4.69. The molecule has 3 rings (SSSR count). The topological polar surface area (TPSA) is 111 Å². The molecule has 3 aromatic rings. The minimum absolute atomic E-state index is 0.0775. The molecule has 2 aromatic carbocycles. The first-order chi connectivity index (χ1) is 14.7. The summed E-state index contributed by atoms with van der Waals surface area (Å²) >= 11 is 0. The Kier molecular flexibility index (Phi) is 6.30. The smallest absolute Gasteiger partial charge is 0.265 e. The lowest BCUT2D eigenvalue weighted by Crippen LogP contribution is -2.14. The van der Waals surface area contributed by atoms with Gasteiger partial charge in [0, 0.05) is 6.92 Å². The highest BCUT2D eigenvalue weighted by molar-refractivity contribution is 7.92. The van der Waals surface area contributed by atoms with E-state index in [1.165, 1.54) is 38.3 Å². The number of aryl methyl sites for hydroxylation is 2. The lowest BCUT2D eigenvalue weighted by molar-refractivity contribution is -0.114. The summed E-state index contributed by atoms with van der Waals surface area (Å²) in [5.74, 6) is -0.673. The van der Waals surface area contributed by atoms with Gasteiger partial charge < -0.3 is 9.26 Å². The molecule has 0 spiro atoms. The maximum atomic E-state index is 13.9. The number of amides is 1. The standard InChI is InChI=1S/C21H22FN3O5S/c1-5-17-20(21(30-24-17)23-13(3)26)14-7-9-18(29-4)19(10-14)31(27,28)25-15-8-6-12(2)16(22)11-15/h6-11,25H,5H2,1-4H3,(H,23,26). The van der Waals surface area contributed by atoms with Gasteiger partial charge in [-0.2, -0.15) is 0 Å². The summed E-state index contributed by atoms with van der Waals surface area (Å²) in [5, 5.41) is 6.52. The molecule has 0 fully saturated rings. The lowest BCUT2D eigenvalue weighted by Gasteiger charge is -2.14. The van der Waals surface area contributed by atoms with Gasteiger partial charge in [-0.15, -0.1) is 0 Å². The van der Waals surface area contributed by atoms with Crippen molar-refractivity contribution in [2.45, 2.75) is 32.1 Å². The van der Waals surface area contributed by atoms with E-state index in [2.05, 4.69) is 15.2 Å². The van der Waals surface area contributed by atoms with Crippen molar-refractivity contribution in [3.63, 3.8) is 0 Å². The van der Waals surface area contributed by atoms with E-state index < -0.39 is 15.8 Å². The van der Waals surface area contributed by atoms with Crippen LogP contribution in [-0.2, 0) is 21.2 Å². The summed E-state index contributed by atoms with van der Waals surface area (Å²) in [6.07, 6.45) is 0.493. The summed E-state index contributed by atoms with van der Waals surface area (Å²) < 4.78 is 52.9. The number of methoxy groups -OCH3 is 1. The van der Waals surface area contributed by atoms with Crippen LogP contribution in [0.4, 0.5) is 16.0 Å². The quantitative estimate of drug-likeness (QED) is 0.564. The first kappa shape index (κ1) is 22.3. The van der Waals surface area contributed by atoms with E-state index in [0.29, 0.717) is 28.8 Å². The molecule has 8 nitrogen and oxygen atoms in total. The minimum atomic E-state index is -4.13. The van der Waals surface area contributed by atoms with E-state index in [0.717, 1.165) is 6.07 Å². The molecule has 2 N–H and O–H groups in total. The highest BCUT2D eigenvalue weighted by Crippen LogP contribution is 2.37. The van der Waals surface area contributed by atoms with Crippen LogP contribution in [0.3, 0.4) is 0 Å². The summed E-state index contributed by atoms with van der Waals surface area (Å²) in [4.78, 5) is 11.4. The summed E-state index contributed by atoms with van der Waals surface area (Å²) in [5.41, 5.74) is 1.95. The molecule has 0 aliphatic rings. The Morgan fingerprint density at radius 1 is 1.23 bits per heavy atom. The van der Waals surface area contributed by atoms with Gasteiger partial charge in [-0.25, -0.2) is 12.8 Å². The van der Waals surface area contributed by atoms with Crippen molar-refractivity contribution in [2.75, 3.05) is 17.1 Å². The molecule has 1 amide bonds. The Balaban J connectivity index is 2.10. The molecule has 31 heavy (non-hydrogen) atoms. The zero-order valence-electron chi connectivity index (χ0n) is 17.4. The van der Waals surface area contributed by atoms with Crippen LogP contribution in [-0.4, -0.2) is 26.6 Å². The van der Waals surface area contributed by atoms with Gasteiger partial charge in [0.15, 0.2) is 0 Å². The van der Waals surface area contributed by atoms with Gasteiger partial charge in [0.25, 0.3) is 10.0 Å². The molecule has 0 aliphatic carbocycles. The van der Waals surface area contributed by atoms with Crippen LogP contribution in [0.25, 0.3) is 11.1 Å². The van der Waals surface area contributed by atoms with Crippen molar-refractivity contribution < 1.29 is 26.9 Å². The van der Waals surface area contributed by atoms with Crippen molar-refractivity contribution >= 4 is 27.5 Å². The second-order valence-electron chi connectivity index (χ2n) is 6.80. The number of sulfonamides is 1. The monoisotopic (exact) mass is 447 g/mol. The molecule has 10 heteroatoms. The van der Waals surface area contributed by atoms with E-state index in [9.17, 15) is 17.6 Å². The third-order valence-corrected chi connectivity index (χ3v) is 5.96. The van der Waals surface area contributed by atoms with Crippen LogP contribution in [0.2, 0.25) is 0 Å². The Hall–Kier alpha value is -3.40. The predicted octanol–water partition coefficient (Wildman–Crippen LogP) is 4.12. The molecule has 164 valence electrons. The zero-order valence-corrected chi connectivity index (χ0v) is 18.3. The first-order valence-electron chi connectivity index (χ1n) is 9.39. The number of halogens is 1. The Morgan fingerprint density at radius 2 is 1.97 bits per heavy atom. The average molecular weight is 447 g/mol. The zero-order chi connectivity index (χ0) is 22.8. The number of aromatic nitrogens is 1. The summed E-state index contributed by atoms with van der Waals surface area (Å²) in [6.45, 7) is 4.76. The normalized spacial score (nSPS) is 11.3. The highest BCUT2D eigenvalue weighted by atomic mass is 32.2. The number of benzene rings is 2. The largest absolute Gasteiger partial charge is 0.495 e. The number of nitrogens with one attached hydrogen (secondary N) is 2. The number of hydrogen-bond acceptors (Lipinski definition) is 6. The number of anilines is 2. The highest BCUT2D eigenvalue weighted by Gasteiger charge is 2.24. The number of ether oxygens (including phenoxy) is 1. The molecular formula is C21H22FN3O5S. The minimum Gasteiger partial charge on any atom is -0.495 e. The third-order valence-electron chi connectivity index (χ3n) is 4.55. The van der Waals surface area contributed by atoms with Gasteiger partial charge in [-0.05, 0) is 48.7 Å². The van der Waals surface area contributed by atoms with Crippen LogP contribution in [0.15, 0.2) is 45.8 Å². The number of carbonyl (C=O) groups excluding carboxylic acids is 1. The van der Waals surface area contributed by atoms with Gasteiger partial charge in [0.05, 0.1) is 24.1 Å². The van der Waals surface area contributed by atoms with Gasteiger partial charge in [-0.1, -0.05) is 24.2 Å². The Morgan fingerprint density at radius 3 is 2.58 bits per heavy atom. The fourth-order valence-electron chi connectivity index (χ4n) is 3.02. The van der Waals surface area contributed by atoms with Crippen LogP contribution in [0.5, 0.6) is 5.75 Å². The van der Waals surface area contributed by atoms with Gasteiger partial charge in [0.2, 0.25) is 11.8 Å². The fraction of sp³-hybridized carbons (Fsp3) is 0.238. The van der Waals surface area contributed by atoms with E-state index in [-0.39, 0.29) is 28.1 Å². The van der Waals surface area contributed by atoms with Gasteiger partial charge in [0.1, 0.15) is 16.5 Å². The Bertz CT molecular complexity index is 1240. The fourth-order valence-corrected chi connectivity index (χ4v) is 4.26. The van der Waals surface area contributed by atoms with Gasteiger partial charge in [-0.3, -0.25) is 14.8 Å². The number of nitrogens with zero attached hydrogens (tertiary/aromatic N) is 1. The van der Waals surface area contributed by atoms with Crippen LogP contribution in [0.1, 0.15) is 25.1 Å². The molecule has 0 atom stereocenters. The SMILES string of the molecule is CCc1noc(NC(C)=O)c1-c1ccc(OC)c(S(=O)(=O)Nc2ccc(C)c(F)c2)c1. The lowest BCUT2D eigenvalue weighted by atomic mass is 10.0. The average Bonchev–Trinajstić information content (AvgIpc) is 3.12. The van der Waals surface area contributed by atoms with Crippen molar-refractivity contribution in [2.24, 2.45) is 0 Å². The second-order valence-corrected chi connectivity index (χ2v) is 8.45. The molecule has 1 heterocycles. The van der Waals surface area contributed by atoms with Crippen molar-refractivity contribution in [1.29, 1.82) is 0 Å². The van der Waals surface area contributed by atoms with E-state index in [1.807, 2.05) is 6.92 Å². The number of hydrogen-bond donors (Lipinski definition) is 2. The van der Waals surface area contributed by atoms with E-state index >= 15 is 0 Å². The van der Waals surface area contributed by atoms with Crippen molar-refractivity contribution in [1.82, 2.24) is 5.16 Å². The molecule has 0 radical (unpaired) electrons. The molecule has 0 unspecified atom stereocenters.